The maximum absolute atomic E-state index is 12.4. The molecule has 1 N–H and O–H groups in total. The minimum absolute atomic E-state index is 0.254. The first-order valence-corrected chi connectivity index (χ1v) is 9.94. The van der Waals surface area contributed by atoms with Crippen LogP contribution >= 0.6 is 27.3 Å². The normalized spacial score (nSPS) is 14.0. The van der Waals surface area contributed by atoms with Crippen molar-refractivity contribution in [2.75, 3.05) is 11.9 Å². The number of aromatic nitrogens is 2. The number of nitriles is 1. The molecule has 0 atom stereocenters. The van der Waals surface area contributed by atoms with Gasteiger partial charge in [0.15, 0.2) is 0 Å². The summed E-state index contributed by atoms with van der Waals surface area (Å²) in [6.07, 6.45) is 5.62. The summed E-state index contributed by atoms with van der Waals surface area (Å²) in [5.74, 6) is 0.642. The predicted molar refractivity (Wildman–Crippen MR) is 104 cm³/mol. The van der Waals surface area contributed by atoms with Crippen molar-refractivity contribution in [2.45, 2.75) is 19.5 Å². The molecule has 4 rings (SSSR count). The maximum atomic E-state index is 12.4. The Kier molecular flexibility index (Phi) is 4.86. The van der Waals surface area contributed by atoms with Crippen LogP contribution in [0.15, 0.2) is 33.6 Å². The van der Waals surface area contributed by atoms with E-state index in [-0.39, 0.29) is 5.91 Å². The van der Waals surface area contributed by atoms with E-state index in [4.69, 9.17) is 4.42 Å². The van der Waals surface area contributed by atoms with Gasteiger partial charge in [-0.25, -0.2) is 0 Å². The molecular weight excluding hydrogens is 430 g/mol. The van der Waals surface area contributed by atoms with E-state index in [0.717, 1.165) is 40.2 Å². The lowest BCUT2D eigenvalue weighted by molar-refractivity contribution is 0.102. The Morgan fingerprint density at radius 3 is 3.07 bits per heavy atom. The van der Waals surface area contributed by atoms with E-state index in [1.807, 2.05) is 6.07 Å². The highest BCUT2D eigenvalue weighted by Crippen LogP contribution is 2.37. The van der Waals surface area contributed by atoms with Gasteiger partial charge in [0.1, 0.15) is 23.1 Å². The predicted octanol–water partition coefficient (Wildman–Crippen LogP) is 3.52. The highest BCUT2D eigenvalue weighted by Gasteiger charge is 2.26. The highest BCUT2D eigenvalue weighted by molar-refractivity contribution is 9.10. The number of nitrogens with zero attached hydrogens (tertiary/aromatic N) is 4. The molecule has 0 saturated carbocycles. The number of rotatable bonds is 4. The quantitative estimate of drug-likeness (QED) is 0.663. The van der Waals surface area contributed by atoms with Gasteiger partial charge in [-0.15, -0.1) is 11.3 Å². The molecule has 3 aromatic heterocycles. The van der Waals surface area contributed by atoms with E-state index in [2.05, 4.69) is 37.3 Å². The number of anilines is 1. The fourth-order valence-electron chi connectivity index (χ4n) is 3.17. The summed E-state index contributed by atoms with van der Waals surface area (Å²) in [6, 6.07) is 4.23. The number of furan rings is 1. The second-order valence-electron chi connectivity index (χ2n) is 6.37. The fourth-order valence-corrected chi connectivity index (χ4v) is 4.75. The molecule has 9 heteroatoms. The monoisotopic (exact) mass is 445 g/mol. The van der Waals surface area contributed by atoms with Crippen LogP contribution in [0.4, 0.5) is 5.00 Å². The number of fused-ring (bicyclic) bond motifs is 1. The van der Waals surface area contributed by atoms with E-state index in [0.29, 0.717) is 22.7 Å². The molecule has 1 aliphatic rings. The Morgan fingerprint density at radius 1 is 1.56 bits per heavy atom. The Hall–Kier alpha value is -2.41. The average molecular weight is 446 g/mol. The largest absolute Gasteiger partial charge is 0.467 e. The third kappa shape index (κ3) is 3.69. The van der Waals surface area contributed by atoms with Gasteiger partial charge >= 0.3 is 0 Å². The first-order chi connectivity index (χ1) is 13.0. The van der Waals surface area contributed by atoms with Crippen LogP contribution in [0.2, 0.25) is 0 Å². The molecule has 0 fully saturated rings. The topological polar surface area (TPSA) is 87.1 Å². The molecule has 1 amide bonds. The lowest BCUT2D eigenvalue weighted by atomic mass is 10.0. The van der Waals surface area contributed by atoms with Gasteiger partial charge in [-0.05, 0) is 34.0 Å². The Bertz CT molecular complexity index is 1040. The number of hydrogen-bond acceptors (Lipinski definition) is 6. The summed E-state index contributed by atoms with van der Waals surface area (Å²) in [5, 5.41) is 17.1. The van der Waals surface area contributed by atoms with Crippen molar-refractivity contribution in [1.29, 1.82) is 5.26 Å². The molecule has 3 aromatic rings. The second-order valence-corrected chi connectivity index (χ2v) is 8.39. The second kappa shape index (κ2) is 7.31. The van der Waals surface area contributed by atoms with Crippen LogP contribution in [0.5, 0.6) is 0 Å². The molecule has 0 aromatic carbocycles. The summed E-state index contributed by atoms with van der Waals surface area (Å²) >= 11 is 4.87. The van der Waals surface area contributed by atoms with Crippen LogP contribution in [0.25, 0.3) is 0 Å². The standard InChI is InChI=1S/C18H16BrN5O2S/c1-23-7-11(6-21-23)17(25)22-18-15(5-20)14-2-3-24(9-16(14)27-18)8-13-4-12(19)10-26-13/h4,6-7,10H,2-3,8-9H2,1H3,(H,22,25). The van der Waals surface area contributed by atoms with Crippen LogP contribution in [0, 0.1) is 11.3 Å². The maximum Gasteiger partial charge on any atom is 0.259 e. The van der Waals surface area contributed by atoms with Gasteiger partial charge < -0.3 is 9.73 Å². The Balaban J connectivity index is 1.52. The molecule has 0 unspecified atom stereocenters. The summed E-state index contributed by atoms with van der Waals surface area (Å²) < 4.78 is 8.01. The molecule has 27 heavy (non-hydrogen) atoms. The highest BCUT2D eigenvalue weighted by atomic mass is 79.9. The van der Waals surface area contributed by atoms with Gasteiger partial charge in [0.2, 0.25) is 0 Å². The van der Waals surface area contributed by atoms with Crippen molar-refractivity contribution < 1.29 is 9.21 Å². The fraction of sp³-hybridized carbons (Fsp3) is 0.278. The van der Waals surface area contributed by atoms with Crippen LogP contribution in [0.1, 0.15) is 32.1 Å². The van der Waals surface area contributed by atoms with Gasteiger partial charge in [0, 0.05) is 31.2 Å². The van der Waals surface area contributed by atoms with Crippen LogP contribution in [-0.2, 0) is 26.6 Å². The number of carbonyl (C=O) groups is 1. The molecular formula is C18H16BrN5O2S. The minimum atomic E-state index is -0.254. The zero-order valence-electron chi connectivity index (χ0n) is 14.5. The molecule has 0 bridgehead atoms. The van der Waals surface area contributed by atoms with Crippen molar-refractivity contribution in [3.8, 4) is 6.07 Å². The van der Waals surface area contributed by atoms with Crippen molar-refractivity contribution in [2.24, 2.45) is 7.05 Å². The summed E-state index contributed by atoms with van der Waals surface area (Å²) in [4.78, 5) is 15.8. The van der Waals surface area contributed by atoms with Crippen molar-refractivity contribution >= 4 is 38.2 Å². The summed E-state index contributed by atoms with van der Waals surface area (Å²) in [5.41, 5.74) is 2.09. The SMILES string of the molecule is Cn1cc(C(=O)Nc2sc3c(c2C#N)CCN(Cc2cc(Br)co2)C3)cn1. The van der Waals surface area contributed by atoms with E-state index in [1.54, 1.807) is 24.2 Å². The zero-order chi connectivity index (χ0) is 19.0. The Labute approximate surface area is 168 Å². The molecule has 0 saturated heterocycles. The lowest BCUT2D eigenvalue weighted by Gasteiger charge is -2.25. The number of halogens is 1. The number of thiophene rings is 1. The number of carbonyl (C=O) groups excluding carboxylic acids is 1. The van der Waals surface area contributed by atoms with E-state index < -0.39 is 0 Å². The molecule has 138 valence electrons. The number of aryl methyl sites for hydroxylation is 1. The van der Waals surface area contributed by atoms with Crippen molar-refractivity contribution in [3.05, 3.63) is 56.5 Å². The molecule has 0 aliphatic carbocycles. The molecule has 7 nitrogen and oxygen atoms in total. The van der Waals surface area contributed by atoms with Crippen LogP contribution in [0.3, 0.4) is 0 Å². The summed E-state index contributed by atoms with van der Waals surface area (Å²) in [7, 11) is 1.76. The van der Waals surface area contributed by atoms with E-state index in [1.165, 1.54) is 17.5 Å². The van der Waals surface area contributed by atoms with Gasteiger partial charge in [-0.1, -0.05) is 0 Å². The molecule has 1 aliphatic heterocycles. The first-order valence-electron chi connectivity index (χ1n) is 8.33. The summed E-state index contributed by atoms with van der Waals surface area (Å²) in [6.45, 7) is 2.28. The third-order valence-electron chi connectivity index (χ3n) is 4.44. The van der Waals surface area contributed by atoms with Crippen LogP contribution in [-0.4, -0.2) is 27.1 Å². The van der Waals surface area contributed by atoms with Crippen molar-refractivity contribution in [1.82, 2.24) is 14.7 Å². The van der Waals surface area contributed by atoms with Crippen molar-refractivity contribution in [3.63, 3.8) is 0 Å². The van der Waals surface area contributed by atoms with Gasteiger partial charge in [-0.3, -0.25) is 14.4 Å². The van der Waals surface area contributed by atoms with Gasteiger partial charge in [-0.2, -0.15) is 10.4 Å². The number of amides is 1. The smallest absolute Gasteiger partial charge is 0.259 e. The minimum Gasteiger partial charge on any atom is -0.467 e. The van der Waals surface area contributed by atoms with Gasteiger partial charge in [0.25, 0.3) is 5.91 Å². The molecule has 4 heterocycles. The average Bonchev–Trinajstić information content (AvgIpc) is 3.33. The number of hydrogen-bond donors (Lipinski definition) is 1. The van der Waals surface area contributed by atoms with Gasteiger partial charge in [0.05, 0.1) is 28.3 Å². The Morgan fingerprint density at radius 2 is 2.41 bits per heavy atom. The van der Waals surface area contributed by atoms with E-state index >= 15 is 0 Å². The molecule has 0 radical (unpaired) electrons. The third-order valence-corrected chi connectivity index (χ3v) is 5.99. The molecule has 0 spiro atoms. The first kappa shape index (κ1) is 18.0. The van der Waals surface area contributed by atoms with Crippen LogP contribution < -0.4 is 5.32 Å². The van der Waals surface area contributed by atoms with E-state index in [9.17, 15) is 10.1 Å². The zero-order valence-corrected chi connectivity index (χ0v) is 16.9. The lowest BCUT2D eigenvalue weighted by Crippen LogP contribution is -2.29. The number of nitrogens with one attached hydrogen (secondary N) is 1.